The molecular weight excluding hydrogens is 231 g/mol. The molecule has 0 heterocycles. The van der Waals surface area contributed by atoms with Crippen molar-refractivity contribution in [2.45, 2.75) is 24.2 Å². The summed E-state index contributed by atoms with van der Waals surface area (Å²) < 4.78 is 12.9. The van der Waals surface area contributed by atoms with Crippen LogP contribution in [0.1, 0.15) is 25.0 Å². The highest BCUT2D eigenvalue weighted by Crippen LogP contribution is 2.31. The van der Waals surface area contributed by atoms with Gasteiger partial charge in [0.25, 0.3) is 0 Å². The number of hydrogen-bond donors (Lipinski definition) is 1. The number of halogens is 1. The van der Waals surface area contributed by atoms with Crippen LogP contribution in [-0.2, 0) is 5.41 Å². The third kappa shape index (κ3) is 2.52. The molecule has 2 heteroatoms. The monoisotopic (exact) mass is 246 g/mol. The van der Waals surface area contributed by atoms with E-state index in [1.165, 1.54) is 17.7 Å². The maximum atomic E-state index is 12.9. The van der Waals surface area contributed by atoms with E-state index in [0.717, 1.165) is 10.5 Å². The van der Waals surface area contributed by atoms with Crippen LogP contribution in [0.3, 0.4) is 0 Å². The van der Waals surface area contributed by atoms with Crippen LogP contribution in [0, 0.1) is 5.82 Å². The lowest BCUT2D eigenvalue weighted by molar-refractivity contribution is 0.613. The Morgan fingerprint density at radius 3 is 1.71 bits per heavy atom. The van der Waals surface area contributed by atoms with Gasteiger partial charge in [-0.05, 0) is 35.4 Å². The second-order valence-corrected chi connectivity index (χ2v) is 5.20. The SMILES string of the molecule is CC(C)(c1ccc(F)cc1)c1ccc(S)cc1. The number of benzene rings is 2. The quantitative estimate of drug-likeness (QED) is 0.744. The summed E-state index contributed by atoms with van der Waals surface area (Å²) in [6.45, 7) is 4.27. The molecule has 0 bridgehead atoms. The average molecular weight is 246 g/mol. The molecule has 0 unspecified atom stereocenters. The van der Waals surface area contributed by atoms with Gasteiger partial charge in [-0.15, -0.1) is 12.6 Å². The first kappa shape index (κ1) is 12.2. The van der Waals surface area contributed by atoms with Gasteiger partial charge in [0.15, 0.2) is 0 Å². The van der Waals surface area contributed by atoms with Gasteiger partial charge >= 0.3 is 0 Å². The standard InChI is InChI=1S/C15H15FS/c1-15(2,11-3-7-13(16)8-4-11)12-5-9-14(17)10-6-12/h3-10,17H,1-2H3. The molecular formula is C15H15FS. The van der Waals surface area contributed by atoms with Crippen molar-refractivity contribution in [1.82, 2.24) is 0 Å². The summed E-state index contributed by atoms with van der Waals surface area (Å²) in [5.74, 6) is -0.199. The lowest BCUT2D eigenvalue weighted by Gasteiger charge is -2.26. The van der Waals surface area contributed by atoms with Crippen LogP contribution in [-0.4, -0.2) is 0 Å². The Morgan fingerprint density at radius 2 is 1.24 bits per heavy atom. The predicted octanol–water partition coefficient (Wildman–Crippen LogP) is 4.44. The van der Waals surface area contributed by atoms with E-state index in [0.29, 0.717) is 0 Å². The zero-order valence-electron chi connectivity index (χ0n) is 9.94. The Balaban J connectivity index is 2.41. The van der Waals surface area contributed by atoms with Crippen LogP contribution in [0.25, 0.3) is 0 Å². The summed E-state index contributed by atoms with van der Waals surface area (Å²) in [6.07, 6.45) is 0. The molecule has 17 heavy (non-hydrogen) atoms. The van der Waals surface area contributed by atoms with E-state index in [2.05, 4.69) is 38.6 Å². The van der Waals surface area contributed by atoms with Gasteiger partial charge in [-0.1, -0.05) is 38.1 Å². The molecule has 0 atom stereocenters. The predicted molar refractivity (Wildman–Crippen MR) is 72.2 cm³/mol. The van der Waals surface area contributed by atoms with Crippen LogP contribution >= 0.6 is 12.6 Å². The molecule has 0 aliphatic heterocycles. The van der Waals surface area contributed by atoms with E-state index < -0.39 is 0 Å². The van der Waals surface area contributed by atoms with Crippen LogP contribution in [0.4, 0.5) is 4.39 Å². The molecule has 0 fully saturated rings. The fourth-order valence-corrected chi connectivity index (χ4v) is 2.06. The highest BCUT2D eigenvalue weighted by Gasteiger charge is 2.22. The van der Waals surface area contributed by atoms with Gasteiger partial charge in [-0.2, -0.15) is 0 Å². The molecule has 0 aliphatic carbocycles. The minimum absolute atomic E-state index is 0.130. The molecule has 0 saturated heterocycles. The van der Waals surface area contributed by atoms with Crippen molar-refractivity contribution in [2.24, 2.45) is 0 Å². The van der Waals surface area contributed by atoms with E-state index >= 15 is 0 Å². The molecule has 2 aromatic rings. The van der Waals surface area contributed by atoms with Gasteiger partial charge in [0, 0.05) is 10.3 Å². The summed E-state index contributed by atoms with van der Waals surface area (Å²) in [4.78, 5) is 0.948. The number of hydrogen-bond acceptors (Lipinski definition) is 1. The van der Waals surface area contributed by atoms with Crippen molar-refractivity contribution in [3.8, 4) is 0 Å². The molecule has 2 aromatic carbocycles. The van der Waals surface area contributed by atoms with Gasteiger partial charge in [0.1, 0.15) is 5.82 Å². The molecule has 88 valence electrons. The van der Waals surface area contributed by atoms with Crippen LogP contribution in [0.5, 0.6) is 0 Å². The lowest BCUT2D eigenvalue weighted by Crippen LogP contribution is -2.18. The fourth-order valence-electron chi connectivity index (χ4n) is 1.91. The van der Waals surface area contributed by atoms with Gasteiger partial charge in [-0.25, -0.2) is 4.39 Å². The molecule has 0 amide bonds. The largest absolute Gasteiger partial charge is 0.207 e. The van der Waals surface area contributed by atoms with Crippen LogP contribution in [0.15, 0.2) is 53.4 Å². The van der Waals surface area contributed by atoms with Crippen molar-refractivity contribution in [1.29, 1.82) is 0 Å². The van der Waals surface area contributed by atoms with Gasteiger partial charge in [0.2, 0.25) is 0 Å². The van der Waals surface area contributed by atoms with Crippen LogP contribution < -0.4 is 0 Å². The highest BCUT2D eigenvalue weighted by atomic mass is 32.1. The Kier molecular flexibility index (Phi) is 3.25. The van der Waals surface area contributed by atoms with Crippen molar-refractivity contribution in [3.63, 3.8) is 0 Å². The molecule has 0 spiro atoms. The third-order valence-electron chi connectivity index (χ3n) is 3.15. The molecule has 0 nitrogen and oxygen atoms in total. The van der Waals surface area contributed by atoms with E-state index in [1.807, 2.05) is 24.3 Å². The smallest absolute Gasteiger partial charge is 0.123 e. The zero-order chi connectivity index (χ0) is 12.5. The summed E-state index contributed by atoms with van der Waals surface area (Å²) in [5, 5.41) is 0. The molecule has 0 aliphatic rings. The number of thiol groups is 1. The zero-order valence-corrected chi connectivity index (χ0v) is 10.8. The Labute approximate surface area is 107 Å². The number of rotatable bonds is 2. The Morgan fingerprint density at radius 1 is 0.824 bits per heavy atom. The molecule has 0 radical (unpaired) electrons. The Hall–Kier alpha value is -1.28. The van der Waals surface area contributed by atoms with Crippen LogP contribution in [0.2, 0.25) is 0 Å². The van der Waals surface area contributed by atoms with Gasteiger partial charge in [0.05, 0.1) is 0 Å². The topological polar surface area (TPSA) is 0 Å². The van der Waals surface area contributed by atoms with Gasteiger partial charge < -0.3 is 0 Å². The van der Waals surface area contributed by atoms with Crippen molar-refractivity contribution in [3.05, 3.63) is 65.5 Å². The van der Waals surface area contributed by atoms with E-state index in [1.54, 1.807) is 0 Å². The first-order valence-corrected chi connectivity index (χ1v) is 6.00. The second kappa shape index (κ2) is 4.53. The maximum absolute atomic E-state index is 12.9. The summed E-state index contributed by atoms with van der Waals surface area (Å²) in [6, 6.07) is 14.8. The second-order valence-electron chi connectivity index (χ2n) is 4.68. The Bertz CT molecular complexity index is 450. The third-order valence-corrected chi connectivity index (χ3v) is 3.45. The molecule has 0 N–H and O–H groups in total. The summed E-state index contributed by atoms with van der Waals surface area (Å²) in [7, 11) is 0. The lowest BCUT2D eigenvalue weighted by atomic mass is 9.78. The summed E-state index contributed by atoms with van der Waals surface area (Å²) in [5.41, 5.74) is 2.17. The maximum Gasteiger partial charge on any atom is 0.123 e. The fraction of sp³-hybridized carbons (Fsp3) is 0.200. The highest BCUT2D eigenvalue weighted by molar-refractivity contribution is 7.80. The first-order chi connectivity index (χ1) is 8.00. The summed E-state index contributed by atoms with van der Waals surface area (Å²) >= 11 is 4.28. The van der Waals surface area contributed by atoms with Crippen molar-refractivity contribution < 1.29 is 4.39 Å². The minimum Gasteiger partial charge on any atom is -0.207 e. The van der Waals surface area contributed by atoms with E-state index in [9.17, 15) is 4.39 Å². The van der Waals surface area contributed by atoms with Crippen molar-refractivity contribution in [2.75, 3.05) is 0 Å². The van der Waals surface area contributed by atoms with Gasteiger partial charge in [-0.3, -0.25) is 0 Å². The van der Waals surface area contributed by atoms with E-state index in [4.69, 9.17) is 0 Å². The average Bonchev–Trinajstić information content (AvgIpc) is 2.30. The normalized spacial score (nSPS) is 11.5. The molecule has 0 aromatic heterocycles. The first-order valence-electron chi connectivity index (χ1n) is 5.56. The molecule has 2 rings (SSSR count). The van der Waals surface area contributed by atoms with Crippen molar-refractivity contribution >= 4 is 12.6 Å². The van der Waals surface area contributed by atoms with E-state index in [-0.39, 0.29) is 11.2 Å². The molecule has 0 saturated carbocycles. The minimum atomic E-state index is -0.199.